The molecule has 0 saturated heterocycles. The second-order valence-electron chi connectivity index (χ2n) is 7.33. The number of aromatic nitrogens is 2. The number of hydrogen-bond donors (Lipinski definition) is 2. The number of aliphatic carboxylic acids is 1. The van der Waals surface area contributed by atoms with Crippen LogP contribution in [0.5, 0.6) is 0 Å². The van der Waals surface area contributed by atoms with Crippen molar-refractivity contribution in [3.05, 3.63) is 83.9 Å². The number of aryl methyl sites for hydroxylation is 1. The predicted molar refractivity (Wildman–Crippen MR) is 117 cm³/mol. The molecule has 0 fully saturated rings. The van der Waals surface area contributed by atoms with Crippen LogP contribution in [0.2, 0.25) is 0 Å². The van der Waals surface area contributed by atoms with Crippen LogP contribution >= 0.6 is 0 Å². The number of nitrogens with zero attached hydrogens (tertiary/aromatic N) is 2. The molecule has 0 bridgehead atoms. The first kappa shape index (κ1) is 21.5. The summed E-state index contributed by atoms with van der Waals surface area (Å²) < 4.78 is 41.2. The van der Waals surface area contributed by atoms with Gasteiger partial charge in [-0.25, -0.2) is 12.8 Å². The Morgan fingerprint density at radius 2 is 1.81 bits per heavy atom. The fourth-order valence-electron chi connectivity index (χ4n) is 3.68. The Morgan fingerprint density at radius 3 is 2.47 bits per heavy atom. The molecule has 3 N–H and O–H groups in total. The highest BCUT2D eigenvalue weighted by Gasteiger charge is 2.22. The molecule has 2 aromatic carbocycles. The summed E-state index contributed by atoms with van der Waals surface area (Å²) in [6.45, 7) is 0.148. The SMILES string of the molecule is Nc1c(Cc2cccnc2)c2cc(S(=O)(=O)c3ccc(F)cc3)ccc2n1CCC(=O)O. The topological polar surface area (TPSA) is 115 Å². The first-order valence-corrected chi connectivity index (χ1v) is 11.3. The van der Waals surface area contributed by atoms with Crippen molar-refractivity contribution in [2.75, 3.05) is 5.73 Å². The summed E-state index contributed by atoms with van der Waals surface area (Å²) in [4.78, 5) is 15.2. The maximum absolute atomic E-state index is 13.3. The van der Waals surface area contributed by atoms with Gasteiger partial charge < -0.3 is 15.4 Å². The van der Waals surface area contributed by atoms with Crippen molar-refractivity contribution in [1.82, 2.24) is 9.55 Å². The molecular weight excluding hydrogens is 433 g/mol. The van der Waals surface area contributed by atoms with E-state index in [0.717, 1.165) is 17.7 Å². The minimum atomic E-state index is -3.89. The van der Waals surface area contributed by atoms with Crippen molar-refractivity contribution in [2.45, 2.75) is 29.2 Å². The molecule has 0 radical (unpaired) electrons. The molecule has 0 aliphatic rings. The summed E-state index contributed by atoms with van der Waals surface area (Å²) in [5.41, 5.74) is 8.60. The lowest BCUT2D eigenvalue weighted by Crippen LogP contribution is -2.08. The van der Waals surface area contributed by atoms with E-state index in [-0.39, 0.29) is 22.8 Å². The molecule has 0 amide bonds. The maximum atomic E-state index is 13.3. The van der Waals surface area contributed by atoms with Crippen molar-refractivity contribution in [2.24, 2.45) is 0 Å². The summed E-state index contributed by atoms with van der Waals surface area (Å²) in [5, 5.41) is 9.72. The number of carbonyl (C=O) groups is 1. The highest BCUT2D eigenvalue weighted by molar-refractivity contribution is 7.91. The van der Waals surface area contributed by atoms with Gasteiger partial charge in [0.2, 0.25) is 9.84 Å². The third kappa shape index (κ3) is 4.06. The largest absolute Gasteiger partial charge is 0.481 e. The number of nitrogens with two attached hydrogens (primary N) is 1. The van der Waals surface area contributed by atoms with E-state index in [1.165, 1.54) is 24.3 Å². The van der Waals surface area contributed by atoms with Gasteiger partial charge in [0.25, 0.3) is 0 Å². The quantitative estimate of drug-likeness (QED) is 0.413. The Morgan fingerprint density at radius 1 is 1.09 bits per heavy atom. The number of rotatable bonds is 7. The van der Waals surface area contributed by atoms with Gasteiger partial charge in [0, 0.05) is 36.3 Å². The Balaban J connectivity index is 1.87. The van der Waals surface area contributed by atoms with Gasteiger partial charge in [0.1, 0.15) is 11.6 Å². The van der Waals surface area contributed by atoms with Gasteiger partial charge in [-0.2, -0.15) is 0 Å². The zero-order valence-electron chi connectivity index (χ0n) is 16.9. The van der Waals surface area contributed by atoms with E-state index in [1.807, 2.05) is 6.07 Å². The average molecular weight is 453 g/mol. The number of carboxylic acids is 1. The Hall–Kier alpha value is -3.72. The van der Waals surface area contributed by atoms with Crippen LogP contribution in [-0.4, -0.2) is 29.0 Å². The zero-order chi connectivity index (χ0) is 22.9. The Bertz CT molecular complexity index is 1400. The van der Waals surface area contributed by atoms with Crippen molar-refractivity contribution in [3.63, 3.8) is 0 Å². The molecule has 0 unspecified atom stereocenters. The third-order valence-electron chi connectivity index (χ3n) is 5.27. The number of fused-ring (bicyclic) bond motifs is 1. The number of nitrogen functional groups attached to an aromatic ring is 1. The van der Waals surface area contributed by atoms with Crippen LogP contribution in [0.1, 0.15) is 17.5 Å². The van der Waals surface area contributed by atoms with Crippen molar-refractivity contribution in [3.8, 4) is 0 Å². The van der Waals surface area contributed by atoms with Crippen molar-refractivity contribution in [1.29, 1.82) is 0 Å². The van der Waals surface area contributed by atoms with Gasteiger partial charge in [-0.15, -0.1) is 0 Å². The number of anilines is 1. The highest BCUT2D eigenvalue weighted by Crippen LogP contribution is 2.34. The molecular formula is C23H20FN3O4S. The normalized spacial score (nSPS) is 11.7. The first-order valence-electron chi connectivity index (χ1n) is 9.79. The minimum absolute atomic E-state index is 0.0228. The van der Waals surface area contributed by atoms with E-state index in [0.29, 0.717) is 28.7 Å². The van der Waals surface area contributed by atoms with Gasteiger partial charge >= 0.3 is 5.97 Å². The summed E-state index contributed by atoms with van der Waals surface area (Å²) in [6.07, 6.45) is 3.61. The lowest BCUT2D eigenvalue weighted by Gasteiger charge is -2.07. The molecule has 2 aromatic heterocycles. The summed E-state index contributed by atoms with van der Waals surface area (Å²) >= 11 is 0. The lowest BCUT2D eigenvalue weighted by atomic mass is 10.1. The minimum Gasteiger partial charge on any atom is -0.481 e. The fraction of sp³-hybridized carbons (Fsp3) is 0.130. The van der Waals surface area contributed by atoms with Gasteiger partial charge in [0.05, 0.1) is 21.7 Å². The number of pyridine rings is 1. The summed E-state index contributed by atoms with van der Waals surface area (Å²) in [5.74, 6) is -1.11. The number of sulfone groups is 1. The first-order chi connectivity index (χ1) is 15.3. The Kier molecular flexibility index (Phi) is 5.67. The van der Waals surface area contributed by atoms with Crippen LogP contribution in [0.4, 0.5) is 10.2 Å². The average Bonchev–Trinajstić information content (AvgIpc) is 3.03. The van der Waals surface area contributed by atoms with Crippen molar-refractivity contribution >= 4 is 32.5 Å². The zero-order valence-corrected chi connectivity index (χ0v) is 17.7. The smallest absolute Gasteiger partial charge is 0.305 e. The molecule has 7 nitrogen and oxygen atoms in total. The molecule has 4 aromatic rings. The highest BCUT2D eigenvalue weighted by atomic mass is 32.2. The van der Waals surface area contributed by atoms with Crippen molar-refractivity contribution < 1.29 is 22.7 Å². The fourth-order valence-corrected chi connectivity index (χ4v) is 4.97. The molecule has 4 rings (SSSR count). The van der Waals surface area contributed by atoms with E-state index in [2.05, 4.69) is 4.98 Å². The molecule has 0 aliphatic heterocycles. The number of benzene rings is 2. The molecule has 32 heavy (non-hydrogen) atoms. The van der Waals surface area contributed by atoms with Crippen LogP contribution in [0, 0.1) is 5.82 Å². The molecule has 0 saturated carbocycles. The standard InChI is InChI=1S/C23H20FN3O4S/c24-16-3-5-17(6-4-16)32(30,31)18-7-8-21-19(13-18)20(12-15-2-1-10-26-14-15)23(25)27(21)11-9-22(28)29/h1-8,10,13-14H,9,11-12,25H2,(H,28,29). The molecule has 164 valence electrons. The molecule has 2 heterocycles. The second-order valence-corrected chi connectivity index (χ2v) is 9.28. The predicted octanol–water partition coefficient (Wildman–Crippen LogP) is 3.66. The Labute approximate surface area is 183 Å². The van der Waals surface area contributed by atoms with E-state index in [9.17, 15) is 17.6 Å². The lowest BCUT2D eigenvalue weighted by molar-refractivity contribution is -0.137. The molecule has 0 atom stereocenters. The van der Waals surface area contributed by atoms with E-state index in [4.69, 9.17) is 10.8 Å². The number of halogens is 1. The van der Waals surface area contributed by atoms with Gasteiger partial charge in [-0.1, -0.05) is 6.07 Å². The third-order valence-corrected chi connectivity index (χ3v) is 7.04. The number of hydrogen-bond acceptors (Lipinski definition) is 5. The van der Waals surface area contributed by atoms with Crippen LogP contribution < -0.4 is 5.73 Å². The van der Waals surface area contributed by atoms with Crippen LogP contribution in [0.25, 0.3) is 10.9 Å². The molecule has 0 spiro atoms. The monoisotopic (exact) mass is 453 g/mol. The van der Waals surface area contributed by atoms with Gasteiger partial charge in [0.15, 0.2) is 0 Å². The van der Waals surface area contributed by atoms with Gasteiger partial charge in [-0.3, -0.25) is 9.78 Å². The maximum Gasteiger partial charge on any atom is 0.305 e. The second kappa shape index (κ2) is 8.43. The molecule has 0 aliphatic carbocycles. The van der Waals surface area contributed by atoms with E-state index >= 15 is 0 Å². The summed E-state index contributed by atoms with van der Waals surface area (Å²) in [6, 6.07) is 12.9. The van der Waals surface area contributed by atoms with Crippen LogP contribution in [0.3, 0.4) is 0 Å². The van der Waals surface area contributed by atoms with E-state index in [1.54, 1.807) is 29.1 Å². The number of carboxylic acid groups (broad SMARTS) is 1. The van der Waals surface area contributed by atoms with Gasteiger partial charge in [-0.05, 0) is 54.1 Å². The van der Waals surface area contributed by atoms with Crippen LogP contribution in [0.15, 0.2) is 76.8 Å². The van der Waals surface area contributed by atoms with E-state index < -0.39 is 21.6 Å². The summed E-state index contributed by atoms with van der Waals surface area (Å²) in [7, 11) is -3.89. The van der Waals surface area contributed by atoms with Crippen LogP contribution in [-0.2, 0) is 27.6 Å². The molecule has 9 heteroatoms.